The van der Waals surface area contributed by atoms with Crippen LogP contribution in [0, 0.1) is 11.3 Å². The van der Waals surface area contributed by atoms with Crippen LogP contribution in [0.1, 0.15) is 37.7 Å². The van der Waals surface area contributed by atoms with Crippen LogP contribution in [-0.4, -0.2) is 35.6 Å². The minimum Gasteiger partial charge on any atom is -0.481 e. The number of hydrogen-bond acceptors (Lipinski definition) is 2. The number of rotatable bonds is 4. The number of halogens is 1. The van der Waals surface area contributed by atoms with Crippen LogP contribution in [0.2, 0.25) is 0 Å². The third kappa shape index (κ3) is 2.76. The smallest absolute Gasteiger partial charge is 0.311 e. The number of carbonyl (C=O) groups is 1. The normalized spacial score (nSPS) is 30.3. The first-order chi connectivity index (χ1) is 10.0. The van der Waals surface area contributed by atoms with Gasteiger partial charge in [0.1, 0.15) is 0 Å². The maximum absolute atomic E-state index is 11.7. The van der Waals surface area contributed by atoms with Gasteiger partial charge in [-0.15, -0.1) is 0 Å². The molecule has 2 aliphatic rings. The Kier molecular flexibility index (Phi) is 4.10. The summed E-state index contributed by atoms with van der Waals surface area (Å²) in [5, 5.41) is 9.65. The molecule has 0 amide bonds. The number of fused-ring (bicyclic) bond motifs is 1. The molecular formula is C17H22BrNO2. The fourth-order valence-corrected chi connectivity index (χ4v) is 4.60. The van der Waals surface area contributed by atoms with E-state index in [1.165, 1.54) is 5.56 Å². The molecule has 1 aliphatic carbocycles. The van der Waals surface area contributed by atoms with Gasteiger partial charge in [-0.2, -0.15) is 0 Å². The maximum atomic E-state index is 11.7. The first-order valence-electron chi connectivity index (χ1n) is 7.72. The average Bonchev–Trinajstić information content (AvgIpc) is 2.96. The lowest BCUT2D eigenvalue weighted by atomic mass is 9.81. The summed E-state index contributed by atoms with van der Waals surface area (Å²) in [5.41, 5.74) is 0.850. The standard InChI is InChI=1S/C17H22BrNO2/c1-12(13-4-2-6-15(18)8-13)9-19-10-14-5-3-7-17(14,11-19)16(20)21/h2,4,6,8,12,14H,3,5,7,9-11H2,1H3,(H,20,21)/t12?,14-,17+/m0/s1. The van der Waals surface area contributed by atoms with Gasteiger partial charge in [0.05, 0.1) is 5.41 Å². The van der Waals surface area contributed by atoms with Crippen LogP contribution in [0.3, 0.4) is 0 Å². The van der Waals surface area contributed by atoms with Gasteiger partial charge in [-0.25, -0.2) is 0 Å². The summed E-state index contributed by atoms with van der Waals surface area (Å²) in [6, 6.07) is 8.41. The molecule has 3 rings (SSSR count). The van der Waals surface area contributed by atoms with Gasteiger partial charge in [-0.1, -0.05) is 41.4 Å². The third-order valence-corrected chi connectivity index (χ3v) is 5.81. The molecule has 3 atom stereocenters. The first-order valence-corrected chi connectivity index (χ1v) is 8.52. The number of carboxylic acid groups (broad SMARTS) is 1. The number of likely N-dealkylation sites (tertiary alicyclic amines) is 1. The Morgan fingerprint density at radius 1 is 1.57 bits per heavy atom. The lowest BCUT2D eigenvalue weighted by Crippen LogP contribution is -2.36. The van der Waals surface area contributed by atoms with Crippen molar-refractivity contribution in [3.05, 3.63) is 34.3 Å². The third-order valence-electron chi connectivity index (χ3n) is 5.32. The Morgan fingerprint density at radius 3 is 3.05 bits per heavy atom. The number of aliphatic carboxylic acids is 1. The Hall–Kier alpha value is -0.870. The summed E-state index contributed by atoms with van der Waals surface area (Å²) in [6.07, 6.45) is 3.01. The van der Waals surface area contributed by atoms with Crippen molar-refractivity contribution in [3.63, 3.8) is 0 Å². The molecule has 1 unspecified atom stereocenters. The van der Waals surface area contributed by atoms with Gasteiger partial charge in [0.25, 0.3) is 0 Å². The molecule has 114 valence electrons. The molecule has 0 aromatic heterocycles. The second-order valence-corrected chi connectivity index (χ2v) is 7.62. The van der Waals surface area contributed by atoms with Crippen molar-refractivity contribution < 1.29 is 9.90 Å². The van der Waals surface area contributed by atoms with Crippen molar-refractivity contribution in [1.29, 1.82) is 0 Å². The van der Waals surface area contributed by atoms with E-state index in [9.17, 15) is 9.90 Å². The molecule has 2 fully saturated rings. The highest BCUT2D eigenvalue weighted by Gasteiger charge is 2.54. The molecular weight excluding hydrogens is 330 g/mol. The fraction of sp³-hybridized carbons (Fsp3) is 0.588. The van der Waals surface area contributed by atoms with E-state index in [1.807, 2.05) is 6.07 Å². The zero-order chi connectivity index (χ0) is 15.0. The highest BCUT2D eigenvalue weighted by Crippen LogP contribution is 2.49. The summed E-state index contributed by atoms with van der Waals surface area (Å²) in [5.74, 6) is 0.194. The molecule has 3 nitrogen and oxygen atoms in total. The van der Waals surface area contributed by atoms with Crippen molar-refractivity contribution in [2.45, 2.75) is 32.1 Å². The average molecular weight is 352 g/mol. The SMILES string of the molecule is CC(CN1C[C@@H]2CCC[C@@]2(C(=O)O)C1)c1cccc(Br)c1. The van der Waals surface area contributed by atoms with Gasteiger partial charge in [0.2, 0.25) is 0 Å². The van der Waals surface area contributed by atoms with E-state index in [0.717, 1.165) is 43.4 Å². The number of hydrogen-bond donors (Lipinski definition) is 1. The van der Waals surface area contributed by atoms with Crippen LogP contribution >= 0.6 is 15.9 Å². The lowest BCUT2D eigenvalue weighted by molar-refractivity contribution is -0.149. The fourth-order valence-electron chi connectivity index (χ4n) is 4.19. The highest BCUT2D eigenvalue weighted by atomic mass is 79.9. The largest absolute Gasteiger partial charge is 0.481 e. The van der Waals surface area contributed by atoms with Gasteiger partial charge in [0, 0.05) is 24.1 Å². The lowest BCUT2D eigenvalue weighted by Gasteiger charge is -2.25. The molecule has 4 heteroatoms. The number of benzene rings is 1. The van der Waals surface area contributed by atoms with Crippen molar-refractivity contribution in [2.75, 3.05) is 19.6 Å². The summed E-state index contributed by atoms with van der Waals surface area (Å²) in [6.45, 7) is 4.85. The molecule has 0 radical (unpaired) electrons. The van der Waals surface area contributed by atoms with Gasteiger partial charge in [-0.05, 0) is 42.4 Å². The van der Waals surface area contributed by atoms with Gasteiger partial charge in [-0.3, -0.25) is 4.79 Å². The molecule has 0 spiro atoms. The number of nitrogens with zero attached hydrogens (tertiary/aromatic N) is 1. The predicted molar refractivity (Wildman–Crippen MR) is 86.4 cm³/mol. The molecule has 0 bridgehead atoms. The van der Waals surface area contributed by atoms with Crippen LogP contribution in [0.4, 0.5) is 0 Å². The van der Waals surface area contributed by atoms with E-state index in [0.29, 0.717) is 11.8 Å². The van der Waals surface area contributed by atoms with Gasteiger partial charge >= 0.3 is 5.97 Å². The summed E-state index contributed by atoms with van der Waals surface area (Å²) >= 11 is 3.52. The molecule has 1 aromatic rings. The zero-order valence-electron chi connectivity index (χ0n) is 12.4. The molecule has 1 saturated carbocycles. The summed E-state index contributed by atoms with van der Waals surface area (Å²) in [7, 11) is 0. The van der Waals surface area contributed by atoms with E-state index in [4.69, 9.17) is 0 Å². The molecule has 1 heterocycles. The number of carboxylic acids is 1. The second-order valence-electron chi connectivity index (χ2n) is 6.70. The predicted octanol–water partition coefficient (Wildman–Crippen LogP) is 3.74. The molecule has 21 heavy (non-hydrogen) atoms. The van der Waals surface area contributed by atoms with E-state index < -0.39 is 11.4 Å². The van der Waals surface area contributed by atoms with Crippen molar-refractivity contribution in [2.24, 2.45) is 11.3 Å². The van der Waals surface area contributed by atoms with Crippen LogP contribution in [0.15, 0.2) is 28.7 Å². The van der Waals surface area contributed by atoms with E-state index in [2.05, 4.69) is 46.0 Å². The summed E-state index contributed by atoms with van der Waals surface area (Å²) in [4.78, 5) is 14.1. The monoisotopic (exact) mass is 351 g/mol. The van der Waals surface area contributed by atoms with Gasteiger partial charge in [0.15, 0.2) is 0 Å². The van der Waals surface area contributed by atoms with Crippen molar-refractivity contribution >= 4 is 21.9 Å². The van der Waals surface area contributed by atoms with E-state index in [1.54, 1.807) is 0 Å². The van der Waals surface area contributed by atoms with E-state index >= 15 is 0 Å². The Balaban J connectivity index is 1.69. The molecule has 1 aliphatic heterocycles. The van der Waals surface area contributed by atoms with Gasteiger partial charge < -0.3 is 10.0 Å². The van der Waals surface area contributed by atoms with Crippen molar-refractivity contribution in [3.8, 4) is 0 Å². The molecule has 1 saturated heterocycles. The van der Waals surface area contributed by atoms with Crippen LogP contribution in [0.5, 0.6) is 0 Å². The van der Waals surface area contributed by atoms with Crippen molar-refractivity contribution in [1.82, 2.24) is 4.90 Å². The minimum absolute atomic E-state index is 0.352. The van der Waals surface area contributed by atoms with E-state index in [-0.39, 0.29) is 0 Å². The first kappa shape index (κ1) is 15.0. The second kappa shape index (κ2) is 5.73. The van der Waals surface area contributed by atoms with Crippen LogP contribution < -0.4 is 0 Å². The minimum atomic E-state index is -0.581. The zero-order valence-corrected chi connectivity index (χ0v) is 14.0. The maximum Gasteiger partial charge on any atom is 0.311 e. The Morgan fingerprint density at radius 2 is 2.38 bits per heavy atom. The van der Waals surface area contributed by atoms with Crippen LogP contribution in [-0.2, 0) is 4.79 Å². The molecule has 1 aromatic carbocycles. The summed E-state index contributed by atoms with van der Waals surface area (Å²) < 4.78 is 1.10. The topological polar surface area (TPSA) is 40.5 Å². The Bertz CT molecular complexity index is 547. The quantitative estimate of drug-likeness (QED) is 0.898. The highest BCUT2D eigenvalue weighted by molar-refractivity contribution is 9.10. The molecule has 1 N–H and O–H groups in total. The van der Waals surface area contributed by atoms with Crippen LogP contribution in [0.25, 0.3) is 0 Å². The Labute approximate surface area is 134 Å².